The van der Waals surface area contributed by atoms with Crippen molar-refractivity contribution in [2.24, 2.45) is 0 Å². The van der Waals surface area contributed by atoms with E-state index in [0.29, 0.717) is 11.4 Å². The first kappa shape index (κ1) is 17.9. The zero-order chi connectivity index (χ0) is 18.0. The maximum absolute atomic E-state index is 13.1. The predicted octanol–water partition coefficient (Wildman–Crippen LogP) is 3.02. The van der Waals surface area contributed by atoms with Crippen LogP contribution in [0.3, 0.4) is 0 Å². The Morgan fingerprint density at radius 3 is 2.44 bits per heavy atom. The highest BCUT2D eigenvalue weighted by Crippen LogP contribution is 2.30. The summed E-state index contributed by atoms with van der Waals surface area (Å²) in [5, 5.41) is 0.449. The lowest BCUT2D eigenvalue weighted by atomic mass is 9.96. The Bertz CT molecular complexity index is 880. The summed E-state index contributed by atoms with van der Waals surface area (Å²) in [6, 6.07) is 12.6. The van der Waals surface area contributed by atoms with Crippen LogP contribution in [0, 0.1) is 0 Å². The van der Waals surface area contributed by atoms with E-state index in [1.165, 1.54) is 28.6 Å². The topological polar surface area (TPSA) is 63.7 Å². The standard InChI is InChI=1S/C18H18ClNO4S/c1-2-24-18(21)17-11-13-5-3-4-6-14(13)12-20(17)25(22,23)16-9-7-15(19)8-10-16/h3-10,17H,2,11-12H2,1H3. The molecule has 2 aromatic carbocycles. The lowest BCUT2D eigenvalue weighted by molar-refractivity contribution is -0.148. The van der Waals surface area contributed by atoms with E-state index in [9.17, 15) is 13.2 Å². The van der Waals surface area contributed by atoms with Crippen molar-refractivity contribution in [1.82, 2.24) is 4.31 Å². The van der Waals surface area contributed by atoms with Gasteiger partial charge in [0.1, 0.15) is 6.04 Å². The molecule has 132 valence electrons. The number of hydrogen-bond acceptors (Lipinski definition) is 4. The molecule has 3 rings (SSSR count). The van der Waals surface area contributed by atoms with Gasteiger partial charge >= 0.3 is 5.97 Å². The van der Waals surface area contributed by atoms with Crippen LogP contribution in [0.1, 0.15) is 18.1 Å². The van der Waals surface area contributed by atoms with Crippen molar-refractivity contribution < 1.29 is 17.9 Å². The fraction of sp³-hybridized carbons (Fsp3) is 0.278. The predicted molar refractivity (Wildman–Crippen MR) is 94.7 cm³/mol. The summed E-state index contributed by atoms with van der Waals surface area (Å²) >= 11 is 5.85. The number of fused-ring (bicyclic) bond motifs is 1. The number of rotatable bonds is 4. The van der Waals surface area contributed by atoms with Crippen LogP contribution in [-0.4, -0.2) is 31.3 Å². The summed E-state index contributed by atoms with van der Waals surface area (Å²) in [6.45, 7) is 2.03. The van der Waals surface area contributed by atoms with Gasteiger partial charge in [-0.1, -0.05) is 35.9 Å². The van der Waals surface area contributed by atoms with E-state index in [1.54, 1.807) is 6.92 Å². The fourth-order valence-corrected chi connectivity index (χ4v) is 4.61. The van der Waals surface area contributed by atoms with Crippen molar-refractivity contribution >= 4 is 27.6 Å². The number of carbonyl (C=O) groups excluding carboxylic acids is 1. The van der Waals surface area contributed by atoms with Gasteiger partial charge in [-0.05, 0) is 42.3 Å². The van der Waals surface area contributed by atoms with Gasteiger partial charge in [0.25, 0.3) is 0 Å². The minimum absolute atomic E-state index is 0.102. The van der Waals surface area contributed by atoms with E-state index in [1.807, 2.05) is 24.3 Å². The molecule has 0 amide bonds. The van der Waals surface area contributed by atoms with Gasteiger partial charge in [0, 0.05) is 18.0 Å². The molecule has 1 aliphatic heterocycles. The quantitative estimate of drug-likeness (QED) is 0.766. The first-order chi connectivity index (χ1) is 11.9. The Morgan fingerprint density at radius 2 is 1.80 bits per heavy atom. The van der Waals surface area contributed by atoms with Crippen LogP contribution in [0.15, 0.2) is 53.4 Å². The number of benzene rings is 2. The van der Waals surface area contributed by atoms with Crippen molar-refractivity contribution in [2.45, 2.75) is 30.8 Å². The Labute approximate surface area is 152 Å². The highest BCUT2D eigenvalue weighted by atomic mass is 35.5. The van der Waals surface area contributed by atoms with Crippen LogP contribution >= 0.6 is 11.6 Å². The van der Waals surface area contributed by atoms with Gasteiger partial charge in [0.05, 0.1) is 11.5 Å². The zero-order valence-electron chi connectivity index (χ0n) is 13.7. The van der Waals surface area contributed by atoms with E-state index in [0.717, 1.165) is 11.1 Å². The number of esters is 1. The van der Waals surface area contributed by atoms with Crippen molar-refractivity contribution in [1.29, 1.82) is 0 Å². The Hall–Kier alpha value is -1.89. The minimum Gasteiger partial charge on any atom is -0.465 e. The lowest BCUT2D eigenvalue weighted by Gasteiger charge is -2.34. The van der Waals surface area contributed by atoms with Crippen molar-refractivity contribution in [3.8, 4) is 0 Å². The van der Waals surface area contributed by atoms with Crippen molar-refractivity contribution in [3.63, 3.8) is 0 Å². The summed E-state index contributed by atoms with van der Waals surface area (Å²) in [6.07, 6.45) is 0.293. The molecule has 0 fully saturated rings. The number of ether oxygens (including phenoxy) is 1. The Morgan fingerprint density at radius 1 is 1.16 bits per heavy atom. The Kier molecular flexibility index (Phi) is 5.13. The van der Waals surface area contributed by atoms with E-state index < -0.39 is 22.0 Å². The number of sulfonamides is 1. The van der Waals surface area contributed by atoms with Crippen LogP contribution in [0.5, 0.6) is 0 Å². The molecule has 5 nitrogen and oxygen atoms in total. The van der Waals surface area contributed by atoms with Gasteiger partial charge < -0.3 is 4.74 Å². The molecule has 0 spiro atoms. The molecular weight excluding hydrogens is 362 g/mol. The smallest absolute Gasteiger partial charge is 0.324 e. The molecule has 0 bridgehead atoms. The first-order valence-corrected chi connectivity index (χ1v) is 9.76. The number of hydrogen-bond donors (Lipinski definition) is 0. The lowest BCUT2D eigenvalue weighted by Crippen LogP contribution is -2.49. The van der Waals surface area contributed by atoms with Gasteiger partial charge in [0.15, 0.2) is 0 Å². The van der Waals surface area contributed by atoms with Gasteiger partial charge in [-0.2, -0.15) is 4.31 Å². The van der Waals surface area contributed by atoms with Crippen molar-refractivity contribution in [2.75, 3.05) is 6.61 Å². The largest absolute Gasteiger partial charge is 0.465 e. The molecule has 7 heteroatoms. The van der Waals surface area contributed by atoms with Crippen LogP contribution in [0.4, 0.5) is 0 Å². The van der Waals surface area contributed by atoms with Crippen molar-refractivity contribution in [3.05, 3.63) is 64.7 Å². The number of halogens is 1. The molecule has 0 saturated heterocycles. The molecule has 0 radical (unpaired) electrons. The van der Waals surface area contributed by atoms with Gasteiger partial charge in [-0.25, -0.2) is 8.42 Å². The van der Waals surface area contributed by atoms with E-state index >= 15 is 0 Å². The van der Waals surface area contributed by atoms with E-state index in [2.05, 4.69) is 0 Å². The average Bonchev–Trinajstić information content (AvgIpc) is 2.61. The fourth-order valence-electron chi connectivity index (χ4n) is 2.93. The molecule has 1 unspecified atom stereocenters. The molecule has 1 heterocycles. The molecule has 0 saturated carbocycles. The number of carbonyl (C=O) groups is 1. The highest BCUT2D eigenvalue weighted by Gasteiger charge is 2.40. The highest BCUT2D eigenvalue weighted by molar-refractivity contribution is 7.89. The molecule has 2 aromatic rings. The third kappa shape index (κ3) is 3.56. The molecule has 1 aliphatic rings. The van der Waals surface area contributed by atoms with E-state index in [-0.39, 0.29) is 18.0 Å². The minimum atomic E-state index is -3.86. The molecule has 0 N–H and O–H groups in total. The van der Waals surface area contributed by atoms with Crippen LogP contribution in [0.25, 0.3) is 0 Å². The van der Waals surface area contributed by atoms with E-state index in [4.69, 9.17) is 16.3 Å². The van der Waals surface area contributed by atoms with Gasteiger partial charge in [0.2, 0.25) is 10.0 Å². The molecule has 0 aromatic heterocycles. The van der Waals surface area contributed by atoms with Crippen LogP contribution in [0.2, 0.25) is 5.02 Å². The SMILES string of the molecule is CCOC(=O)C1Cc2ccccc2CN1S(=O)(=O)c1ccc(Cl)cc1. The maximum Gasteiger partial charge on any atom is 0.324 e. The summed E-state index contributed by atoms with van der Waals surface area (Å²) < 4.78 is 32.5. The third-order valence-electron chi connectivity index (χ3n) is 4.18. The molecule has 1 atom stereocenters. The second kappa shape index (κ2) is 7.15. The molecule has 0 aliphatic carbocycles. The summed E-state index contributed by atoms with van der Waals surface area (Å²) in [4.78, 5) is 12.5. The zero-order valence-corrected chi connectivity index (χ0v) is 15.3. The summed E-state index contributed by atoms with van der Waals surface area (Å²) in [5.41, 5.74) is 1.85. The maximum atomic E-state index is 13.1. The monoisotopic (exact) mass is 379 g/mol. The first-order valence-electron chi connectivity index (χ1n) is 7.94. The normalized spacial score (nSPS) is 17.8. The number of nitrogens with zero attached hydrogens (tertiary/aromatic N) is 1. The van der Waals surface area contributed by atoms with Crippen LogP contribution < -0.4 is 0 Å². The second-order valence-electron chi connectivity index (χ2n) is 5.74. The van der Waals surface area contributed by atoms with Gasteiger partial charge in [-0.3, -0.25) is 4.79 Å². The molecular formula is C18H18ClNO4S. The second-order valence-corrected chi connectivity index (χ2v) is 8.07. The summed E-state index contributed by atoms with van der Waals surface area (Å²) in [7, 11) is -3.86. The average molecular weight is 380 g/mol. The summed E-state index contributed by atoms with van der Waals surface area (Å²) in [5.74, 6) is -0.533. The third-order valence-corrected chi connectivity index (χ3v) is 6.31. The Balaban J connectivity index is 2.03. The molecule has 25 heavy (non-hydrogen) atoms. The van der Waals surface area contributed by atoms with Gasteiger partial charge in [-0.15, -0.1) is 0 Å². The van der Waals surface area contributed by atoms with Crippen LogP contribution in [-0.2, 0) is 32.5 Å².